The summed E-state index contributed by atoms with van der Waals surface area (Å²) in [4.78, 5) is 25.0. The Hall–Kier alpha value is -3.02. The molecule has 160 valence electrons. The van der Waals surface area contributed by atoms with Gasteiger partial charge in [-0.25, -0.2) is 0 Å². The van der Waals surface area contributed by atoms with Crippen LogP contribution in [-0.4, -0.2) is 26.0 Å². The fourth-order valence-corrected chi connectivity index (χ4v) is 3.77. The van der Waals surface area contributed by atoms with E-state index in [0.717, 1.165) is 48.3 Å². The van der Waals surface area contributed by atoms with Gasteiger partial charge in [-0.05, 0) is 61.1 Å². The molecule has 0 atom stereocenters. The van der Waals surface area contributed by atoms with Crippen LogP contribution in [0.4, 0.5) is 0 Å². The standard InChI is InChI=1S/C24H30N2O4/c1-29-21-11-3-17(4-12-21)15-25-23(27)19-7-9-20(10-8-19)24(28)26-16-18-5-13-22(30-2)14-6-18/h3-6,11-14,19-20H,7-10,15-16H2,1-2H3,(H,25,27)(H,26,28). The molecule has 0 heterocycles. The summed E-state index contributed by atoms with van der Waals surface area (Å²) in [6.45, 7) is 1.01. The first kappa shape index (κ1) is 21.7. The van der Waals surface area contributed by atoms with E-state index in [1.165, 1.54) is 0 Å². The van der Waals surface area contributed by atoms with Crippen molar-refractivity contribution < 1.29 is 19.1 Å². The van der Waals surface area contributed by atoms with Crippen LogP contribution >= 0.6 is 0 Å². The van der Waals surface area contributed by atoms with E-state index >= 15 is 0 Å². The van der Waals surface area contributed by atoms with Crippen molar-refractivity contribution in [3.8, 4) is 11.5 Å². The number of rotatable bonds is 8. The minimum atomic E-state index is -0.0195. The topological polar surface area (TPSA) is 76.7 Å². The number of hydrogen-bond acceptors (Lipinski definition) is 4. The van der Waals surface area contributed by atoms with Crippen LogP contribution in [0, 0.1) is 11.8 Å². The fraction of sp³-hybridized carbons (Fsp3) is 0.417. The smallest absolute Gasteiger partial charge is 0.223 e. The van der Waals surface area contributed by atoms with Crippen LogP contribution in [0.25, 0.3) is 0 Å². The van der Waals surface area contributed by atoms with E-state index in [1.807, 2.05) is 48.5 Å². The van der Waals surface area contributed by atoms with E-state index in [1.54, 1.807) is 14.2 Å². The lowest BCUT2D eigenvalue weighted by Gasteiger charge is -2.27. The van der Waals surface area contributed by atoms with Gasteiger partial charge >= 0.3 is 0 Å². The molecule has 1 saturated carbocycles. The average Bonchev–Trinajstić information content (AvgIpc) is 2.81. The van der Waals surface area contributed by atoms with Crippen molar-refractivity contribution in [2.75, 3.05) is 14.2 Å². The van der Waals surface area contributed by atoms with Gasteiger partial charge in [0.15, 0.2) is 0 Å². The van der Waals surface area contributed by atoms with Crippen LogP contribution in [0.3, 0.4) is 0 Å². The molecular weight excluding hydrogens is 380 g/mol. The van der Waals surface area contributed by atoms with Crippen molar-refractivity contribution in [3.05, 3.63) is 59.7 Å². The zero-order chi connectivity index (χ0) is 21.3. The van der Waals surface area contributed by atoms with Gasteiger partial charge in [0, 0.05) is 24.9 Å². The average molecular weight is 411 g/mol. The monoisotopic (exact) mass is 410 g/mol. The number of amides is 2. The van der Waals surface area contributed by atoms with E-state index in [-0.39, 0.29) is 23.7 Å². The summed E-state index contributed by atoms with van der Waals surface area (Å²) in [6.07, 6.45) is 2.98. The summed E-state index contributed by atoms with van der Waals surface area (Å²) < 4.78 is 10.3. The molecule has 1 aliphatic rings. The van der Waals surface area contributed by atoms with Crippen LogP contribution in [-0.2, 0) is 22.7 Å². The molecule has 2 aromatic carbocycles. The molecule has 0 saturated heterocycles. The Balaban J connectivity index is 1.38. The maximum absolute atomic E-state index is 12.5. The van der Waals surface area contributed by atoms with Gasteiger partial charge in [-0.1, -0.05) is 24.3 Å². The van der Waals surface area contributed by atoms with E-state index in [4.69, 9.17) is 9.47 Å². The third kappa shape index (κ3) is 5.99. The molecule has 0 bridgehead atoms. The molecule has 1 aliphatic carbocycles. The largest absolute Gasteiger partial charge is 0.497 e. The lowest BCUT2D eigenvalue weighted by Crippen LogP contribution is -2.37. The molecule has 6 heteroatoms. The van der Waals surface area contributed by atoms with Crippen molar-refractivity contribution in [2.45, 2.75) is 38.8 Å². The van der Waals surface area contributed by atoms with Gasteiger partial charge < -0.3 is 20.1 Å². The Morgan fingerprint density at radius 1 is 0.700 bits per heavy atom. The molecule has 0 aliphatic heterocycles. The highest BCUT2D eigenvalue weighted by molar-refractivity contribution is 5.81. The Bertz CT molecular complexity index is 754. The third-order valence-corrected chi connectivity index (χ3v) is 5.72. The molecule has 0 aromatic heterocycles. The highest BCUT2D eigenvalue weighted by Gasteiger charge is 2.29. The molecule has 0 radical (unpaired) electrons. The van der Waals surface area contributed by atoms with E-state index in [9.17, 15) is 9.59 Å². The Morgan fingerprint density at radius 3 is 1.33 bits per heavy atom. The van der Waals surface area contributed by atoms with Crippen molar-refractivity contribution in [2.24, 2.45) is 11.8 Å². The first-order chi connectivity index (χ1) is 14.6. The second-order valence-corrected chi connectivity index (χ2v) is 7.68. The molecule has 2 aromatic rings. The number of methoxy groups -OCH3 is 2. The highest BCUT2D eigenvalue weighted by Crippen LogP contribution is 2.29. The van der Waals surface area contributed by atoms with E-state index < -0.39 is 0 Å². The summed E-state index contributed by atoms with van der Waals surface area (Å²) in [7, 11) is 3.26. The molecular formula is C24H30N2O4. The Morgan fingerprint density at radius 2 is 1.03 bits per heavy atom. The van der Waals surface area contributed by atoms with Crippen LogP contribution < -0.4 is 20.1 Å². The number of nitrogens with one attached hydrogen (secondary N) is 2. The number of hydrogen-bond donors (Lipinski definition) is 2. The zero-order valence-corrected chi connectivity index (χ0v) is 17.6. The number of benzene rings is 2. The minimum absolute atomic E-state index is 0.0195. The number of ether oxygens (including phenoxy) is 2. The fourth-order valence-electron chi connectivity index (χ4n) is 3.77. The summed E-state index contributed by atoms with van der Waals surface area (Å²) in [6, 6.07) is 15.3. The maximum atomic E-state index is 12.5. The van der Waals surface area contributed by atoms with Crippen LogP contribution in [0.15, 0.2) is 48.5 Å². The SMILES string of the molecule is COc1ccc(CNC(=O)C2CCC(C(=O)NCc3ccc(OC)cc3)CC2)cc1. The van der Waals surface area contributed by atoms with Gasteiger partial charge in [-0.15, -0.1) is 0 Å². The quantitative estimate of drug-likeness (QED) is 0.699. The summed E-state index contributed by atoms with van der Waals surface area (Å²) in [5, 5.41) is 6.03. The Labute approximate surface area is 178 Å². The predicted molar refractivity (Wildman–Crippen MR) is 115 cm³/mol. The lowest BCUT2D eigenvalue weighted by molar-refractivity contribution is -0.130. The molecule has 1 fully saturated rings. The molecule has 2 amide bonds. The van der Waals surface area contributed by atoms with Crippen LogP contribution in [0.2, 0.25) is 0 Å². The second kappa shape index (κ2) is 10.7. The van der Waals surface area contributed by atoms with E-state index in [0.29, 0.717) is 13.1 Å². The van der Waals surface area contributed by atoms with Crippen LogP contribution in [0.5, 0.6) is 11.5 Å². The molecule has 30 heavy (non-hydrogen) atoms. The minimum Gasteiger partial charge on any atom is -0.497 e. The van der Waals surface area contributed by atoms with Gasteiger partial charge in [0.05, 0.1) is 14.2 Å². The van der Waals surface area contributed by atoms with Crippen molar-refractivity contribution in [1.29, 1.82) is 0 Å². The molecule has 0 unspecified atom stereocenters. The van der Waals surface area contributed by atoms with Crippen molar-refractivity contribution in [1.82, 2.24) is 10.6 Å². The van der Waals surface area contributed by atoms with Gasteiger partial charge in [0.1, 0.15) is 11.5 Å². The van der Waals surface area contributed by atoms with Crippen LogP contribution in [0.1, 0.15) is 36.8 Å². The van der Waals surface area contributed by atoms with Crippen molar-refractivity contribution >= 4 is 11.8 Å². The lowest BCUT2D eigenvalue weighted by atomic mass is 9.81. The first-order valence-corrected chi connectivity index (χ1v) is 10.4. The van der Waals surface area contributed by atoms with E-state index in [2.05, 4.69) is 10.6 Å². The predicted octanol–water partition coefficient (Wildman–Crippen LogP) is 3.44. The molecule has 6 nitrogen and oxygen atoms in total. The normalized spacial score (nSPS) is 18.3. The third-order valence-electron chi connectivity index (χ3n) is 5.72. The molecule has 2 N–H and O–H groups in total. The second-order valence-electron chi connectivity index (χ2n) is 7.68. The Kier molecular flexibility index (Phi) is 7.71. The molecule has 0 spiro atoms. The molecule has 3 rings (SSSR count). The van der Waals surface area contributed by atoms with Gasteiger partial charge in [0.25, 0.3) is 0 Å². The number of carbonyl (C=O) groups is 2. The number of carbonyl (C=O) groups excluding carboxylic acids is 2. The summed E-state index contributed by atoms with van der Waals surface area (Å²) in [5.74, 6) is 1.70. The summed E-state index contributed by atoms with van der Waals surface area (Å²) in [5.41, 5.74) is 2.08. The van der Waals surface area contributed by atoms with Gasteiger partial charge in [-0.3, -0.25) is 9.59 Å². The van der Waals surface area contributed by atoms with Gasteiger partial charge in [-0.2, -0.15) is 0 Å². The maximum Gasteiger partial charge on any atom is 0.223 e. The zero-order valence-electron chi connectivity index (χ0n) is 17.6. The highest BCUT2D eigenvalue weighted by atomic mass is 16.5. The van der Waals surface area contributed by atoms with Crippen molar-refractivity contribution in [3.63, 3.8) is 0 Å². The first-order valence-electron chi connectivity index (χ1n) is 10.4. The van der Waals surface area contributed by atoms with Gasteiger partial charge in [0.2, 0.25) is 11.8 Å². The summed E-state index contributed by atoms with van der Waals surface area (Å²) >= 11 is 0.